The summed E-state index contributed by atoms with van der Waals surface area (Å²) in [6.45, 7) is 22.8. The van der Waals surface area contributed by atoms with Crippen LogP contribution < -0.4 is 0 Å². The Balaban J connectivity index is 0.000000429. The molecule has 2 saturated carbocycles. The van der Waals surface area contributed by atoms with Crippen molar-refractivity contribution >= 4 is 11.6 Å². The molecule has 2 aromatic carbocycles. The summed E-state index contributed by atoms with van der Waals surface area (Å²) < 4.78 is 13.3. The Morgan fingerprint density at radius 2 is 1.64 bits per heavy atom. The Hall–Kier alpha value is -2.55. The molecular formula is C42H65FO2. The predicted molar refractivity (Wildman–Crippen MR) is 193 cm³/mol. The summed E-state index contributed by atoms with van der Waals surface area (Å²) in [6.07, 6.45) is 13.8. The monoisotopic (exact) mass is 620 g/mol. The summed E-state index contributed by atoms with van der Waals surface area (Å²) >= 11 is 0. The molecule has 0 saturated heterocycles. The molecular weight excluding hydrogens is 555 g/mol. The lowest BCUT2D eigenvalue weighted by molar-refractivity contribution is -0.120. The van der Waals surface area contributed by atoms with E-state index in [1.807, 2.05) is 13.0 Å². The van der Waals surface area contributed by atoms with Crippen molar-refractivity contribution in [2.45, 2.75) is 145 Å². The Labute approximate surface area is 277 Å². The van der Waals surface area contributed by atoms with Gasteiger partial charge in [-0.15, -0.1) is 0 Å². The lowest BCUT2D eigenvalue weighted by Crippen LogP contribution is -2.09. The fraction of sp³-hybridized carbons (Fsp3) is 0.619. The first-order chi connectivity index (χ1) is 21.1. The number of hydrogen-bond acceptors (Lipinski definition) is 2. The largest absolute Gasteiger partial charge is 0.300 e. The van der Waals surface area contributed by atoms with Crippen LogP contribution in [0.4, 0.5) is 4.39 Å². The van der Waals surface area contributed by atoms with E-state index in [-0.39, 0.29) is 18.9 Å². The summed E-state index contributed by atoms with van der Waals surface area (Å²) in [6, 6.07) is 11.2. The third-order valence-corrected chi connectivity index (χ3v) is 9.45. The van der Waals surface area contributed by atoms with Crippen molar-refractivity contribution in [3.63, 3.8) is 0 Å². The van der Waals surface area contributed by atoms with Crippen LogP contribution in [0.3, 0.4) is 0 Å². The van der Waals surface area contributed by atoms with Crippen molar-refractivity contribution in [1.29, 1.82) is 0 Å². The molecule has 0 amide bonds. The molecule has 2 fully saturated rings. The third-order valence-electron chi connectivity index (χ3n) is 9.45. The van der Waals surface area contributed by atoms with Crippen molar-refractivity contribution in [1.82, 2.24) is 0 Å². The van der Waals surface area contributed by atoms with Crippen LogP contribution in [-0.4, -0.2) is 11.6 Å². The second-order valence-corrected chi connectivity index (χ2v) is 15.6. The van der Waals surface area contributed by atoms with Gasteiger partial charge in [-0.1, -0.05) is 91.2 Å². The number of carbonyl (C=O) groups excluding carboxylic acids is 2. The van der Waals surface area contributed by atoms with E-state index in [1.54, 1.807) is 26.0 Å². The number of hydrogen-bond donors (Lipinski definition) is 0. The molecule has 2 aliphatic carbocycles. The van der Waals surface area contributed by atoms with Crippen molar-refractivity contribution in [2.75, 3.05) is 0 Å². The third kappa shape index (κ3) is 14.2. The number of rotatable bonds is 11. The van der Waals surface area contributed by atoms with Crippen LogP contribution in [0.5, 0.6) is 0 Å². The molecule has 0 heterocycles. The number of carbonyl (C=O) groups is 2. The predicted octanol–water partition coefficient (Wildman–Crippen LogP) is 12.5. The lowest BCUT2D eigenvalue weighted by Gasteiger charge is -2.17. The summed E-state index contributed by atoms with van der Waals surface area (Å²) in [5.74, 6) is 2.73. The maximum Gasteiger partial charge on any atom is 0.160 e. The van der Waals surface area contributed by atoms with E-state index in [2.05, 4.69) is 60.3 Å². The average molecular weight is 621 g/mol. The number of allylic oxidation sites excluding steroid dienone is 1. The fourth-order valence-electron chi connectivity index (χ4n) is 6.70. The highest BCUT2D eigenvalue weighted by Crippen LogP contribution is 2.39. The Kier molecular flexibility index (Phi) is 15.9. The molecule has 2 unspecified atom stereocenters. The molecule has 45 heavy (non-hydrogen) atoms. The van der Waals surface area contributed by atoms with Crippen LogP contribution in [0.15, 0.2) is 48.6 Å². The first-order valence-corrected chi connectivity index (χ1v) is 17.6. The molecule has 2 nitrogen and oxygen atoms in total. The summed E-state index contributed by atoms with van der Waals surface area (Å²) in [4.78, 5) is 23.2. The Morgan fingerprint density at radius 3 is 2.18 bits per heavy atom. The fourth-order valence-corrected chi connectivity index (χ4v) is 6.70. The minimum Gasteiger partial charge on any atom is -0.300 e. The molecule has 3 atom stereocenters. The molecule has 252 valence electrons. The van der Waals surface area contributed by atoms with Crippen LogP contribution in [0.25, 0.3) is 0 Å². The summed E-state index contributed by atoms with van der Waals surface area (Å²) in [5.41, 5.74) is 7.68. The van der Waals surface area contributed by atoms with Gasteiger partial charge in [-0.3, -0.25) is 9.59 Å². The van der Waals surface area contributed by atoms with Crippen LogP contribution >= 0.6 is 0 Å². The van der Waals surface area contributed by atoms with E-state index in [4.69, 9.17) is 0 Å². The summed E-state index contributed by atoms with van der Waals surface area (Å²) in [5, 5.41) is 0. The van der Waals surface area contributed by atoms with Gasteiger partial charge in [-0.05, 0) is 142 Å². The molecule has 0 aliphatic heterocycles. The van der Waals surface area contributed by atoms with Crippen LogP contribution in [0, 0.1) is 35.9 Å². The quantitative estimate of drug-likeness (QED) is 0.185. The molecule has 0 radical (unpaired) electrons. The molecule has 2 aliphatic rings. The van der Waals surface area contributed by atoms with Gasteiger partial charge in [0.05, 0.1) is 0 Å². The van der Waals surface area contributed by atoms with Gasteiger partial charge >= 0.3 is 0 Å². The van der Waals surface area contributed by atoms with E-state index in [1.165, 1.54) is 74.1 Å². The van der Waals surface area contributed by atoms with Crippen LogP contribution in [0.2, 0.25) is 0 Å². The number of aryl methyl sites for hydroxylation is 3. The lowest BCUT2D eigenvalue weighted by atomic mass is 9.87. The van der Waals surface area contributed by atoms with Crippen LogP contribution in [0.1, 0.15) is 160 Å². The van der Waals surface area contributed by atoms with Gasteiger partial charge in [-0.25, -0.2) is 4.39 Å². The Bertz CT molecular complexity index is 1240. The molecule has 3 heteroatoms. The number of Topliss-reactive ketones (excluding diaryl/α,β-unsaturated/α-hetero) is 2. The van der Waals surface area contributed by atoms with Gasteiger partial charge in [0.2, 0.25) is 0 Å². The Morgan fingerprint density at radius 1 is 1.00 bits per heavy atom. The van der Waals surface area contributed by atoms with Crippen molar-refractivity contribution in [3.05, 3.63) is 82.2 Å². The van der Waals surface area contributed by atoms with Gasteiger partial charge in [0, 0.05) is 12.9 Å². The van der Waals surface area contributed by atoms with E-state index in [9.17, 15) is 14.0 Å². The average Bonchev–Trinajstić information content (AvgIpc) is 3.59. The van der Waals surface area contributed by atoms with Gasteiger partial charge in [-0.2, -0.15) is 0 Å². The molecule has 0 N–H and O–H groups in total. The van der Waals surface area contributed by atoms with E-state index in [0.29, 0.717) is 17.1 Å². The first kappa shape index (κ1) is 38.6. The maximum atomic E-state index is 13.3. The second kappa shape index (κ2) is 18.6. The van der Waals surface area contributed by atoms with E-state index >= 15 is 0 Å². The van der Waals surface area contributed by atoms with Gasteiger partial charge < -0.3 is 0 Å². The van der Waals surface area contributed by atoms with Crippen molar-refractivity contribution < 1.29 is 15.4 Å². The zero-order valence-corrected chi connectivity index (χ0v) is 30.2. The second-order valence-electron chi connectivity index (χ2n) is 15.6. The van der Waals surface area contributed by atoms with Crippen LogP contribution in [-0.2, 0) is 17.6 Å². The van der Waals surface area contributed by atoms with E-state index < -0.39 is 0 Å². The summed E-state index contributed by atoms with van der Waals surface area (Å²) in [7, 11) is 0. The number of ketones is 2. The minimum atomic E-state index is -0.180. The smallest absolute Gasteiger partial charge is 0.160 e. The zero-order valence-electron chi connectivity index (χ0n) is 30.2. The highest BCUT2D eigenvalue weighted by molar-refractivity contribution is 5.96. The first-order valence-electron chi connectivity index (χ1n) is 17.6. The standard InChI is InChI=1S/C23H27FO.C14H24O.C5H12.H2/c1-16-13-23(17(2)25)20(15-22(16)19-9-3-4-10-19)11-5-7-18-8-6-12-21(24)14-18;1-10(13(4)15)6-5-7-14-11(2)8-9-12(14)3;1-5(2,3)4;/h6,8,12-15,19H,3-5,7,9-11H2,1-2H3;10,12,14H,2,5-9H2,1,3-4H3;1-4H3;1H/t;10?,12-,14?;;/m.0../s1. The zero-order chi connectivity index (χ0) is 33.7. The SMILES string of the molecule is C=C1CC[C@H](C)C1CCCC(C)C(C)=O.CC(=O)c1cc(C)c(C2CCCC2)cc1CCCc1cccc(F)c1.CC(C)(C)C.[HH]. The highest BCUT2D eigenvalue weighted by Gasteiger charge is 2.26. The van der Waals surface area contributed by atoms with Crippen molar-refractivity contribution in [3.8, 4) is 0 Å². The number of benzene rings is 2. The molecule has 0 bridgehead atoms. The minimum absolute atomic E-state index is 0. The van der Waals surface area contributed by atoms with Gasteiger partial charge in [0.1, 0.15) is 11.6 Å². The molecule has 0 aromatic heterocycles. The topological polar surface area (TPSA) is 34.1 Å². The van der Waals surface area contributed by atoms with Crippen molar-refractivity contribution in [2.24, 2.45) is 23.2 Å². The molecule has 0 spiro atoms. The van der Waals surface area contributed by atoms with E-state index in [0.717, 1.165) is 54.2 Å². The van der Waals surface area contributed by atoms with Gasteiger partial charge in [0.15, 0.2) is 5.78 Å². The highest BCUT2D eigenvalue weighted by atomic mass is 19.1. The normalized spacial score (nSPS) is 18.9. The maximum absolute atomic E-state index is 13.3. The molecule has 4 rings (SSSR count). The van der Waals surface area contributed by atoms with Gasteiger partial charge in [0.25, 0.3) is 0 Å². The molecule has 2 aromatic rings. The number of halogens is 1.